The number of halogens is 2. The molecule has 3 amide bonds. The molecule has 2 N–H and O–H groups in total. The lowest BCUT2D eigenvalue weighted by molar-refractivity contribution is -0.119. The third-order valence-electron chi connectivity index (χ3n) is 5.57. The van der Waals surface area contributed by atoms with Crippen molar-refractivity contribution in [3.8, 4) is 5.69 Å². The van der Waals surface area contributed by atoms with Crippen LogP contribution >= 0.6 is 23.2 Å². The minimum absolute atomic E-state index is 0.200. The molecule has 10 heteroatoms. The average molecular weight is 501 g/mol. The summed E-state index contributed by atoms with van der Waals surface area (Å²) in [5.41, 5.74) is 1.30. The molecular formula is C24H22Cl2N4O4. The molecule has 2 heterocycles. The number of carbonyl (C=O) groups is 2. The molecular weight excluding hydrogens is 479 g/mol. The molecule has 0 spiro atoms. The molecule has 1 saturated heterocycles. The van der Waals surface area contributed by atoms with Gasteiger partial charge >= 0.3 is 6.03 Å². The molecule has 8 nitrogen and oxygen atoms in total. The first kappa shape index (κ1) is 23.8. The lowest BCUT2D eigenvalue weighted by Gasteiger charge is -2.24. The van der Waals surface area contributed by atoms with Crippen LogP contribution in [-0.2, 0) is 9.53 Å². The lowest BCUT2D eigenvalue weighted by Crippen LogP contribution is -2.45. The second-order valence-electron chi connectivity index (χ2n) is 7.76. The Labute approximate surface area is 206 Å². The van der Waals surface area contributed by atoms with Crippen molar-refractivity contribution in [3.05, 3.63) is 87.3 Å². The van der Waals surface area contributed by atoms with Gasteiger partial charge < -0.3 is 20.3 Å². The Morgan fingerprint density at radius 1 is 1.03 bits per heavy atom. The first-order chi connectivity index (χ1) is 16.4. The van der Waals surface area contributed by atoms with E-state index < -0.39 is 18.0 Å². The number of amides is 3. The van der Waals surface area contributed by atoms with Crippen molar-refractivity contribution in [1.29, 1.82) is 0 Å². The van der Waals surface area contributed by atoms with Crippen LogP contribution in [0.5, 0.6) is 0 Å². The van der Waals surface area contributed by atoms with Crippen LogP contribution in [0.15, 0.2) is 71.7 Å². The highest BCUT2D eigenvalue weighted by molar-refractivity contribution is 6.34. The molecule has 4 rings (SSSR count). The number of nitrogens with zero attached hydrogens (tertiary/aromatic N) is 2. The number of hydrogen-bond acceptors (Lipinski definition) is 4. The Kier molecular flexibility index (Phi) is 7.21. The zero-order valence-electron chi connectivity index (χ0n) is 18.2. The highest BCUT2D eigenvalue weighted by Crippen LogP contribution is 2.27. The van der Waals surface area contributed by atoms with E-state index in [1.165, 1.54) is 15.5 Å². The van der Waals surface area contributed by atoms with Gasteiger partial charge in [0.05, 0.1) is 22.5 Å². The number of likely N-dealkylation sites (tertiary alicyclic amines) is 1. The summed E-state index contributed by atoms with van der Waals surface area (Å²) in [6.45, 7) is 0.262. The second-order valence-corrected chi connectivity index (χ2v) is 8.60. The van der Waals surface area contributed by atoms with Crippen LogP contribution in [-0.4, -0.2) is 47.2 Å². The summed E-state index contributed by atoms with van der Waals surface area (Å²) in [5, 5.41) is 6.39. The zero-order chi connectivity index (χ0) is 24.2. The first-order valence-corrected chi connectivity index (χ1v) is 11.3. The van der Waals surface area contributed by atoms with Gasteiger partial charge in [-0.25, -0.2) is 4.79 Å². The first-order valence-electron chi connectivity index (χ1n) is 10.5. The largest absolute Gasteiger partial charge is 0.380 e. The fourth-order valence-corrected chi connectivity index (χ4v) is 4.13. The van der Waals surface area contributed by atoms with Crippen molar-refractivity contribution in [3.63, 3.8) is 0 Å². The summed E-state index contributed by atoms with van der Waals surface area (Å²) < 4.78 is 6.86. The maximum Gasteiger partial charge on any atom is 0.322 e. The number of ether oxygens (including phenoxy) is 1. The van der Waals surface area contributed by atoms with Crippen LogP contribution in [0, 0.1) is 0 Å². The summed E-state index contributed by atoms with van der Waals surface area (Å²) in [4.78, 5) is 39.5. The Morgan fingerprint density at radius 3 is 2.47 bits per heavy atom. The summed E-state index contributed by atoms with van der Waals surface area (Å²) in [5.74, 6) is -0.391. The van der Waals surface area contributed by atoms with Gasteiger partial charge in [-0.2, -0.15) is 0 Å². The molecule has 0 saturated carbocycles. The molecule has 1 aliphatic heterocycles. The molecule has 0 aliphatic carbocycles. The summed E-state index contributed by atoms with van der Waals surface area (Å²) in [6.07, 6.45) is 1.69. The molecule has 0 radical (unpaired) electrons. The number of methoxy groups -OCH3 is 1. The predicted octanol–water partition coefficient (Wildman–Crippen LogP) is 4.40. The SMILES string of the molecule is CO[C@@H]1C[C@H](C(=O)Nc2ccc(-n3ccccc3=O)cc2Cl)N(C(=O)Nc2ccc(Cl)cc2)C1. The second kappa shape index (κ2) is 10.3. The quantitative estimate of drug-likeness (QED) is 0.542. The Hall–Kier alpha value is -3.33. The molecule has 176 valence electrons. The predicted molar refractivity (Wildman–Crippen MR) is 132 cm³/mol. The fraction of sp³-hybridized carbons (Fsp3) is 0.208. The Balaban J connectivity index is 1.50. The summed E-state index contributed by atoms with van der Waals surface area (Å²) in [7, 11) is 1.54. The number of hydrogen-bond donors (Lipinski definition) is 2. The monoisotopic (exact) mass is 500 g/mol. The zero-order valence-corrected chi connectivity index (χ0v) is 19.7. The topological polar surface area (TPSA) is 92.7 Å². The maximum atomic E-state index is 13.1. The van der Waals surface area contributed by atoms with E-state index in [-0.39, 0.29) is 23.2 Å². The van der Waals surface area contributed by atoms with Crippen molar-refractivity contribution in [2.45, 2.75) is 18.6 Å². The number of benzene rings is 2. The third kappa shape index (κ3) is 5.25. The van der Waals surface area contributed by atoms with E-state index in [0.717, 1.165) is 0 Å². The Morgan fingerprint density at radius 2 is 1.79 bits per heavy atom. The van der Waals surface area contributed by atoms with Gasteiger partial charge in [-0.15, -0.1) is 0 Å². The minimum atomic E-state index is -0.760. The molecule has 2 aromatic carbocycles. The van der Waals surface area contributed by atoms with Crippen molar-refractivity contribution in [2.75, 3.05) is 24.3 Å². The van der Waals surface area contributed by atoms with Crippen LogP contribution in [0.1, 0.15) is 6.42 Å². The van der Waals surface area contributed by atoms with Crippen LogP contribution < -0.4 is 16.2 Å². The number of carbonyl (C=O) groups excluding carboxylic acids is 2. The number of rotatable bonds is 5. The molecule has 1 fully saturated rings. The standard InChI is InChI=1S/C24H22Cl2N4O4/c1-34-18-13-21(30(14-18)24(33)27-16-7-5-15(25)6-8-16)23(32)28-20-10-9-17(12-19(20)26)29-11-3-2-4-22(29)31/h2-12,18,21H,13-14H2,1H3,(H,27,33)(H,28,32)/t18-,21-/m1/s1. The van der Waals surface area contributed by atoms with E-state index in [4.69, 9.17) is 27.9 Å². The van der Waals surface area contributed by atoms with Gasteiger partial charge in [-0.3, -0.25) is 14.2 Å². The van der Waals surface area contributed by atoms with Crippen molar-refractivity contribution >= 4 is 46.5 Å². The van der Waals surface area contributed by atoms with Gasteiger partial charge in [-0.1, -0.05) is 29.3 Å². The van der Waals surface area contributed by atoms with Gasteiger partial charge in [0.15, 0.2) is 0 Å². The lowest BCUT2D eigenvalue weighted by atomic mass is 10.1. The minimum Gasteiger partial charge on any atom is -0.380 e. The van der Waals surface area contributed by atoms with Crippen LogP contribution in [0.4, 0.5) is 16.2 Å². The molecule has 0 unspecified atom stereocenters. The van der Waals surface area contributed by atoms with Crippen LogP contribution in [0.2, 0.25) is 10.0 Å². The number of nitrogens with one attached hydrogen (secondary N) is 2. The molecule has 2 atom stereocenters. The fourth-order valence-electron chi connectivity index (χ4n) is 3.78. The third-order valence-corrected chi connectivity index (χ3v) is 6.13. The number of anilines is 2. The van der Waals surface area contributed by atoms with Gasteiger partial charge in [0.2, 0.25) is 5.91 Å². The molecule has 3 aromatic rings. The normalized spacial score (nSPS) is 17.4. The van der Waals surface area contributed by atoms with E-state index in [0.29, 0.717) is 28.5 Å². The van der Waals surface area contributed by atoms with Crippen molar-refractivity contribution in [2.24, 2.45) is 0 Å². The van der Waals surface area contributed by atoms with Gasteiger partial charge in [0.1, 0.15) is 6.04 Å². The van der Waals surface area contributed by atoms with E-state index in [9.17, 15) is 14.4 Å². The van der Waals surface area contributed by atoms with E-state index in [2.05, 4.69) is 10.6 Å². The van der Waals surface area contributed by atoms with E-state index in [1.54, 1.807) is 67.9 Å². The highest BCUT2D eigenvalue weighted by atomic mass is 35.5. The summed E-state index contributed by atoms with van der Waals surface area (Å²) in [6, 6.07) is 15.2. The van der Waals surface area contributed by atoms with Gasteiger partial charge in [0, 0.05) is 43.0 Å². The number of pyridine rings is 1. The van der Waals surface area contributed by atoms with E-state index in [1.807, 2.05) is 0 Å². The molecule has 1 aromatic heterocycles. The summed E-state index contributed by atoms with van der Waals surface area (Å²) >= 11 is 12.3. The van der Waals surface area contributed by atoms with Crippen LogP contribution in [0.25, 0.3) is 5.69 Å². The maximum absolute atomic E-state index is 13.1. The molecule has 34 heavy (non-hydrogen) atoms. The molecule has 1 aliphatic rings. The highest BCUT2D eigenvalue weighted by Gasteiger charge is 2.40. The van der Waals surface area contributed by atoms with Crippen LogP contribution in [0.3, 0.4) is 0 Å². The van der Waals surface area contributed by atoms with Crippen molar-refractivity contribution < 1.29 is 14.3 Å². The Bertz CT molecular complexity index is 1260. The van der Waals surface area contributed by atoms with Gasteiger partial charge in [0.25, 0.3) is 5.56 Å². The van der Waals surface area contributed by atoms with Crippen molar-refractivity contribution in [1.82, 2.24) is 9.47 Å². The van der Waals surface area contributed by atoms with E-state index >= 15 is 0 Å². The number of urea groups is 1. The average Bonchev–Trinajstić information content (AvgIpc) is 3.27. The smallest absolute Gasteiger partial charge is 0.322 e. The molecule has 0 bridgehead atoms. The van der Waals surface area contributed by atoms with Gasteiger partial charge in [-0.05, 0) is 48.5 Å². The number of aromatic nitrogens is 1.